The van der Waals surface area contributed by atoms with Crippen LogP contribution < -0.4 is 5.73 Å². The van der Waals surface area contributed by atoms with Crippen LogP contribution in [-0.4, -0.2) is 5.71 Å². The quantitative estimate of drug-likeness (QED) is 0.771. The van der Waals surface area contributed by atoms with Crippen molar-refractivity contribution in [3.05, 3.63) is 74.8 Å². The first-order valence-electron chi connectivity index (χ1n) is 8.08. The maximum atomic E-state index is 9.07. The lowest BCUT2D eigenvalue weighted by molar-refractivity contribution is 1.06. The molecule has 4 heteroatoms. The molecule has 3 nitrogen and oxygen atoms in total. The summed E-state index contributed by atoms with van der Waals surface area (Å²) in [6.07, 6.45) is 0. The molecule has 0 heterocycles. The van der Waals surface area contributed by atoms with Gasteiger partial charge in [-0.1, -0.05) is 47.5 Å². The Kier molecular flexibility index (Phi) is 6.01. The number of nitrogens with zero attached hydrogens (tertiary/aromatic N) is 2. The predicted octanol–water partition coefficient (Wildman–Crippen LogP) is 5.18. The molecule has 0 aliphatic rings. The van der Waals surface area contributed by atoms with Gasteiger partial charge in [-0.2, -0.15) is 5.26 Å². The summed E-state index contributed by atoms with van der Waals surface area (Å²) in [6, 6.07) is 14.0. The number of nitrogens with two attached hydrogens (primary N) is 1. The van der Waals surface area contributed by atoms with Crippen LogP contribution in [-0.2, 0) is 6.54 Å². The number of allylic oxidation sites excluding steroid dienone is 1. The number of halogens is 1. The van der Waals surface area contributed by atoms with Gasteiger partial charge in [-0.25, -0.2) is 0 Å². The molecule has 0 radical (unpaired) electrons. The summed E-state index contributed by atoms with van der Waals surface area (Å²) < 4.78 is 0. The first-order chi connectivity index (χ1) is 11.8. The van der Waals surface area contributed by atoms with Gasteiger partial charge in [0.15, 0.2) is 0 Å². The van der Waals surface area contributed by atoms with Crippen LogP contribution in [0.4, 0.5) is 0 Å². The van der Waals surface area contributed by atoms with E-state index in [2.05, 4.69) is 42.3 Å². The summed E-state index contributed by atoms with van der Waals surface area (Å²) in [5, 5.41) is 9.52. The molecule has 0 unspecified atom stereocenters. The molecule has 0 saturated heterocycles. The number of aliphatic imine (C=N–C) groups is 1. The monoisotopic (exact) mass is 351 g/mol. The van der Waals surface area contributed by atoms with Crippen LogP contribution in [0.3, 0.4) is 0 Å². The van der Waals surface area contributed by atoms with E-state index in [-0.39, 0.29) is 0 Å². The second-order valence-corrected chi connectivity index (χ2v) is 6.52. The van der Waals surface area contributed by atoms with Gasteiger partial charge in [0.1, 0.15) is 6.07 Å². The third-order valence-electron chi connectivity index (χ3n) is 4.36. The van der Waals surface area contributed by atoms with Crippen molar-refractivity contribution < 1.29 is 0 Å². The molecule has 2 rings (SSSR count). The van der Waals surface area contributed by atoms with E-state index in [1.165, 1.54) is 5.56 Å². The van der Waals surface area contributed by atoms with Crippen LogP contribution in [0.1, 0.15) is 41.7 Å². The van der Waals surface area contributed by atoms with E-state index >= 15 is 0 Å². The van der Waals surface area contributed by atoms with Crippen molar-refractivity contribution in [2.75, 3.05) is 0 Å². The average molecular weight is 352 g/mol. The van der Waals surface area contributed by atoms with Crippen molar-refractivity contribution in [2.45, 2.75) is 34.2 Å². The molecule has 0 bridgehead atoms. The zero-order valence-electron chi connectivity index (χ0n) is 15.0. The zero-order valence-corrected chi connectivity index (χ0v) is 15.8. The third kappa shape index (κ3) is 4.29. The maximum absolute atomic E-state index is 9.07. The van der Waals surface area contributed by atoms with Crippen LogP contribution in [0, 0.1) is 25.2 Å². The van der Waals surface area contributed by atoms with Crippen LogP contribution in [0.5, 0.6) is 0 Å². The van der Waals surface area contributed by atoms with Gasteiger partial charge in [-0.3, -0.25) is 4.99 Å². The SMILES string of the molecule is CC(=NCc1ccc(C)cc1)/C(C)=C(\N)c1ccc(C#N)c(Cl)c1C. The Morgan fingerprint density at radius 1 is 1.12 bits per heavy atom. The zero-order chi connectivity index (χ0) is 18.6. The summed E-state index contributed by atoms with van der Waals surface area (Å²) in [4.78, 5) is 4.65. The van der Waals surface area contributed by atoms with E-state index < -0.39 is 0 Å². The summed E-state index contributed by atoms with van der Waals surface area (Å²) in [7, 11) is 0. The van der Waals surface area contributed by atoms with Gasteiger partial charge in [-0.05, 0) is 50.5 Å². The highest BCUT2D eigenvalue weighted by Gasteiger charge is 2.12. The smallest absolute Gasteiger partial charge is 0.101 e. The van der Waals surface area contributed by atoms with Gasteiger partial charge in [0.2, 0.25) is 0 Å². The molecular formula is C21H22ClN3. The Balaban J connectivity index is 2.31. The van der Waals surface area contributed by atoms with E-state index in [0.29, 0.717) is 22.8 Å². The minimum absolute atomic E-state index is 0.449. The molecule has 0 aromatic heterocycles. The summed E-state index contributed by atoms with van der Waals surface area (Å²) >= 11 is 6.25. The van der Waals surface area contributed by atoms with Gasteiger partial charge in [0.05, 0.1) is 17.1 Å². The average Bonchev–Trinajstić information content (AvgIpc) is 2.62. The summed E-state index contributed by atoms with van der Waals surface area (Å²) in [5.74, 6) is 0. The fraction of sp³-hybridized carbons (Fsp3) is 0.238. The Labute approximate surface area is 154 Å². The van der Waals surface area contributed by atoms with Crippen molar-refractivity contribution in [1.82, 2.24) is 0 Å². The van der Waals surface area contributed by atoms with Crippen LogP contribution >= 0.6 is 11.6 Å². The van der Waals surface area contributed by atoms with E-state index in [4.69, 9.17) is 22.6 Å². The van der Waals surface area contributed by atoms with Gasteiger partial charge in [0.25, 0.3) is 0 Å². The molecule has 128 valence electrons. The molecule has 2 N–H and O–H groups in total. The summed E-state index contributed by atoms with van der Waals surface area (Å²) in [5.41, 5.74) is 13.3. The molecule has 0 spiro atoms. The second-order valence-electron chi connectivity index (χ2n) is 6.14. The van der Waals surface area contributed by atoms with Crippen molar-refractivity contribution in [2.24, 2.45) is 10.7 Å². The highest BCUT2D eigenvalue weighted by atomic mass is 35.5. The third-order valence-corrected chi connectivity index (χ3v) is 4.85. The Morgan fingerprint density at radius 2 is 1.76 bits per heavy atom. The van der Waals surface area contributed by atoms with Gasteiger partial charge in [0, 0.05) is 17.0 Å². The first-order valence-corrected chi connectivity index (χ1v) is 8.45. The van der Waals surface area contributed by atoms with Crippen molar-refractivity contribution in [3.63, 3.8) is 0 Å². The van der Waals surface area contributed by atoms with E-state index in [1.54, 1.807) is 6.07 Å². The molecule has 2 aromatic rings. The molecule has 0 aliphatic heterocycles. The molecule has 0 saturated carbocycles. The molecule has 25 heavy (non-hydrogen) atoms. The largest absolute Gasteiger partial charge is 0.398 e. The Hall–Kier alpha value is -2.57. The van der Waals surface area contributed by atoms with Crippen LogP contribution in [0.25, 0.3) is 5.70 Å². The van der Waals surface area contributed by atoms with Gasteiger partial charge >= 0.3 is 0 Å². The lowest BCUT2D eigenvalue weighted by Gasteiger charge is -2.13. The van der Waals surface area contributed by atoms with E-state index in [1.807, 2.05) is 26.8 Å². The van der Waals surface area contributed by atoms with E-state index in [0.717, 1.165) is 28.0 Å². The summed E-state index contributed by atoms with van der Waals surface area (Å²) in [6.45, 7) is 8.46. The minimum atomic E-state index is 0.449. The fourth-order valence-corrected chi connectivity index (χ4v) is 2.69. The first kappa shape index (κ1) is 18.8. The normalized spacial score (nSPS) is 12.6. The number of benzene rings is 2. The van der Waals surface area contributed by atoms with Crippen LogP contribution in [0.2, 0.25) is 5.02 Å². The number of aryl methyl sites for hydroxylation is 1. The Bertz CT molecular complexity index is 885. The number of nitriles is 1. The number of hydrogen-bond acceptors (Lipinski definition) is 3. The van der Waals surface area contributed by atoms with E-state index in [9.17, 15) is 0 Å². The number of hydrogen-bond donors (Lipinski definition) is 1. The highest BCUT2D eigenvalue weighted by Crippen LogP contribution is 2.27. The maximum Gasteiger partial charge on any atom is 0.101 e. The topological polar surface area (TPSA) is 62.2 Å². The van der Waals surface area contributed by atoms with Gasteiger partial charge < -0.3 is 5.73 Å². The standard InChI is InChI=1S/C21H22ClN3/c1-13-5-7-17(8-6-13)12-25-16(4)14(2)21(24)19-10-9-18(11-23)20(22)15(19)3/h5-10H,12,24H2,1-4H3/b21-14-,25-16?. The lowest BCUT2D eigenvalue weighted by atomic mass is 9.98. The molecule has 0 fully saturated rings. The van der Waals surface area contributed by atoms with Gasteiger partial charge in [-0.15, -0.1) is 0 Å². The highest BCUT2D eigenvalue weighted by molar-refractivity contribution is 6.32. The van der Waals surface area contributed by atoms with Crippen molar-refractivity contribution >= 4 is 23.0 Å². The molecule has 0 aliphatic carbocycles. The minimum Gasteiger partial charge on any atom is -0.398 e. The number of rotatable bonds is 4. The molecule has 0 amide bonds. The second kappa shape index (κ2) is 8.00. The molecule has 2 aromatic carbocycles. The molecule has 0 atom stereocenters. The Morgan fingerprint density at radius 3 is 2.36 bits per heavy atom. The predicted molar refractivity (Wildman–Crippen MR) is 106 cm³/mol. The lowest BCUT2D eigenvalue weighted by Crippen LogP contribution is -2.08. The van der Waals surface area contributed by atoms with Crippen molar-refractivity contribution in [1.29, 1.82) is 5.26 Å². The van der Waals surface area contributed by atoms with Crippen molar-refractivity contribution in [3.8, 4) is 6.07 Å². The van der Waals surface area contributed by atoms with Crippen LogP contribution in [0.15, 0.2) is 47.0 Å². The fourth-order valence-electron chi connectivity index (χ4n) is 2.48. The molecular weight excluding hydrogens is 330 g/mol.